The van der Waals surface area contributed by atoms with Crippen LogP contribution in [0.5, 0.6) is 23.0 Å². The van der Waals surface area contributed by atoms with E-state index in [4.69, 9.17) is 23.7 Å². The third-order valence-electron chi connectivity index (χ3n) is 6.22. The number of nitrogens with zero attached hydrogens (tertiary/aromatic N) is 1. The zero-order valence-corrected chi connectivity index (χ0v) is 26.6. The lowest BCUT2D eigenvalue weighted by Crippen LogP contribution is -2.44. The fourth-order valence-corrected chi connectivity index (χ4v) is 4.91. The highest BCUT2D eigenvalue weighted by Crippen LogP contribution is 2.33. The Balaban J connectivity index is 0.000000230. The number of amides is 1. The van der Waals surface area contributed by atoms with E-state index in [1.807, 2.05) is 57.2 Å². The maximum absolute atomic E-state index is 12.1. The third-order valence-corrected chi connectivity index (χ3v) is 7.20. The van der Waals surface area contributed by atoms with Gasteiger partial charge in [-0.25, -0.2) is 4.79 Å². The van der Waals surface area contributed by atoms with Gasteiger partial charge in [0.25, 0.3) is 0 Å². The van der Waals surface area contributed by atoms with Crippen molar-refractivity contribution in [2.45, 2.75) is 64.3 Å². The first-order chi connectivity index (χ1) is 18.6. The largest absolute Gasteiger partial charge is 0.493 e. The molecule has 2 saturated heterocycles. The molecule has 0 radical (unpaired) electrons. The topological polar surface area (TPSA) is 78.5 Å². The van der Waals surface area contributed by atoms with Gasteiger partial charge in [-0.15, -0.1) is 0 Å². The Morgan fingerprint density at radius 2 is 1.26 bits per heavy atom. The summed E-state index contributed by atoms with van der Waals surface area (Å²) in [6.07, 6.45) is 3.78. The minimum atomic E-state index is -0.463. The lowest BCUT2D eigenvalue weighted by atomic mass is 10.1. The van der Waals surface area contributed by atoms with Gasteiger partial charge in [0.1, 0.15) is 17.8 Å². The van der Waals surface area contributed by atoms with E-state index >= 15 is 0 Å². The Morgan fingerprint density at radius 3 is 1.69 bits per heavy atom. The molecule has 2 aliphatic heterocycles. The number of carbonyl (C=O) groups is 1. The Kier molecular flexibility index (Phi) is 12.1. The molecule has 0 unspecified atom stereocenters. The number of carbonyl (C=O) groups excluding carboxylic acids is 1. The smallest absolute Gasteiger partial charge is 0.410 e. The summed E-state index contributed by atoms with van der Waals surface area (Å²) in [5.41, 5.74) is -0.463. The van der Waals surface area contributed by atoms with Gasteiger partial charge < -0.3 is 33.9 Å². The summed E-state index contributed by atoms with van der Waals surface area (Å²) in [5, 5.41) is 3.32. The quantitative estimate of drug-likeness (QED) is 0.361. The van der Waals surface area contributed by atoms with Crippen LogP contribution in [-0.4, -0.2) is 69.2 Å². The lowest BCUT2D eigenvalue weighted by Gasteiger charge is -2.33. The van der Waals surface area contributed by atoms with Gasteiger partial charge in [-0.1, -0.05) is 31.9 Å². The van der Waals surface area contributed by atoms with Crippen molar-refractivity contribution < 1.29 is 28.5 Å². The van der Waals surface area contributed by atoms with Crippen molar-refractivity contribution >= 4 is 38.0 Å². The van der Waals surface area contributed by atoms with Crippen molar-refractivity contribution in [2.24, 2.45) is 0 Å². The molecule has 4 rings (SSSR count). The average molecular weight is 672 g/mol. The first-order valence-electron chi connectivity index (χ1n) is 13.3. The number of likely N-dealkylation sites (tertiary alicyclic amines) is 1. The van der Waals surface area contributed by atoms with Gasteiger partial charge >= 0.3 is 6.09 Å². The van der Waals surface area contributed by atoms with E-state index in [1.165, 1.54) is 0 Å². The van der Waals surface area contributed by atoms with Gasteiger partial charge in [0, 0.05) is 34.9 Å². The summed E-state index contributed by atoms with van der Waals surface area (Å²) in [7, 11) is 3.29. The Morgan fingerprint density at radius 1 is 0.795 bits per heavy atom. The van der Waals surface area contributed by atoms with Crippen molar-refractivity contribution in [1.82, 2.24) is 10.2 Å². The van der Waals surface area contributed by atoms with E-state index in [2.05, 4.69) is 37.2 Å². The van der Waals surface area contributed by atoms with Crippen molar-refractivity contribution in [3.8, 4) is 23.0 Å². The minimum Gasteiger partial charge on any atom is -0.493 e. The minimum absolute atomic E-state index is 0.0729. The van der Waals surface area contributed by atoms with E-state index in [0.717, 1.165) is 65.0 Å². The highest BCUT2D eigenvalue weighted by molar-refractivity contribution is 9.10. The molecule has 1 amide bonds. The van der Waals surface area contributed by atoms with Crippen LogP contribution in [0.15, 0.2) is 45.3 Å². The highest BCUT2D eigenvalue weighted by atomic mass is 79.9. The predicted molar refractivity (Wildman–Crippen MR) is 159 cm³/mol. The van der Waals surface area contributed by atoms with Crippen LogP contribution in [0.4, 0.5) is 4.79 Å². The highest BCUT2D eigenvalue weighted by Gasteiger charge is 2.28. The van der Waals surface area contributed by atoms with Gasteiger partial charge in [0.05, 0.1) is 14.2 Å². The predicted octanol–water partition coefficient (Wildman–Crippen LogP) is 6.82. The SMILES string of the molecule is COc1cc(Br)ccc1OC1CCN(C(=O)OC(C)(C)C)CC1.COc1cc(Br)ccc1OC1CCNCC1. The van der Waals surface area contributed by atoms with Gasteiger partial charge in [-0.05, 0) is 83.1 Å². The molecule has 0 spiro atoms. The second kappa shape index (κ2) is 15.0. The fraction of sp³-hybridized carbons (Fsp3) is 0.552. The Bertz CT molecular complexity index is 1060. The second-order valence-electron chi connectivity index (χ2n) is 10.4. The lowest BCUT2D eigenvalue weighted by molar-refractivity contribution is 0.0124. The van der Waals surface area contributed by atoms with E-state index in [1.54, 1.807) is 19.1 Å². The molecule has 10 heteroatoms. The van der Waals surface area contributed by atoms with Crippen molar-refractivity contribution in [3.05, 3.63) is 45.3 Å². The fourth-order valence-electron chi connectivity index (χ4n) is 4.23. The third kappa shape index (κ3) is 10.4. The van der Waals surface area contributed by atoms with Crippen molar-refractivity contribution in [3.63, 3.8) is 0 Å². The molecule has 39 heavy (non-hydrogen) atoms. The molecule has 2 fully saturated rings. The summed E-state index contributed by atoms with van der Waals surface area (Å²) in [6.45, 7) is 8.96. The number of hydrogen-bond donors (Lipinski definition) is 1. The van der Waals surface area contributed by atoms with Gasteiger partial charge in [-0.2, -0.15) is 0 Å². The number of benzene rings is 2. The summed E-state index contributed by atoms with van der Waals surface area (Å²) in [5.74, 6) is 3.05. The van der Waals surface area contributed by atoms with Crippen LogP contribution >= 0.6 is 31.9 Å². The number of hydrogen-bond acceptors (Lipinski definition) is 7. The number of halogens is 2. The summed E-state index contributed by atoms with van der Waals surface area (Å²) in [6, 6.07) is 11.5. The van der Waals surface area contributed by atoms with Crippen molar-refractivity contribution in [2.75, 3.05) is 40.4 Å². The summed E-state index contributed by atoms with van der Waals surface area (Å²) in [4.78, 5) is 13.8. The second-order valence-corrected chi connectivity index (χ2v) is 12.3. The zero-order valence-electron chi connectivity index (χ0n) is 23.4. The molecule has 2 aliphatic rings. The number of nitrogens with one attached hydrogen (secondary N) is 1. The van der Waals surface area contributed by atoms with Crippen LogP contribution in [0.25, 0.3) is 0 Å². The van der Waals surface area contributed by atoms with Crippen LogP contribution in [0.3, 0.4) is 0 Å². The monoisotopic (exact) mass is 670 g/mol. The molecule has 2 aromatic rings. The van der Waals surface area contributed by atoms with Crippen LogP contribution in [0.2, 0.25) is 0 Å². The molecule has 2 aromatic carbocycles. The van der Waals surface area contributed by atoms with E-state index in [9.17, 15) is 4.79 Å². The molecule has 216 valence electrons. The maximum Gasteiger partial charge on any atom is 0.410 e. The average Bonchev–Trinajstić information content (AvgIpc) is 2.91. The number of rotatable bonds is 6. The molecule has 0 bridgehead atoms. The van der Waals surface area contributed by atoms with Gasteiger partial charge in [0.2, 0.25) is 0 Å². The molecule has 0 aliphatic carbocycles. The standard InChI is InChI=1S/C17H24BrNO4.C12H16BrNO2/c1-17(2,3)23-16(20)19-9-7-13(8-10-19)22-14-6-5-12(18)11-15(14)21-4;1-15-12-8-9(13)2-3-11(12)16-10-4-6-14-7-5-10/h5-6,11,13H,7-10H2,1-4H3;2-3,8,10,14H,4-7H2,1H3. The molecule has 0 atom stereocenters. The Hall–Kier alpha value is -2.17. The number of ether oxygens (including phenoxy) is 5. The van der Waals surface area contributed by atoms with Crippen LogP contribution in [-0.2, 0) is 4.74 Å². The molecule has 0 saturated carbocycles. The number of piperidine rings is 2. The van der Waals surface area contributed by atoms with E-state index < -0.39 is 5.60 Å². The van der Waals surface area contributed by atoms with Gasteiger partial charge in [-0.3, -0.25) is 0 Å². The number of methoxy groups -OCH3 is 2. The molecule has 0 aromatic heterocycles. The van der Waals surface area contributed by atoms with Crippen LogP contribution in [0.1, 0.15) is 46.5 Å². The van der Waals surface area contributed by atoms with Gasteiger partial charge in [0.15, 0.2) is 23.0 Å². The zero-order chi connectivity index (χ0) is 28.4. The first kappa shape index (κ1) is 31.4. The molecular weight excluding hydrogens is 632 g/mol. The first-order valence-corrected chi connectivity index (χ1v) is 14.9. The summed E-state index contributed by atoms with van der Waals surface area (Å²) < 4.78 is 30.0. The molecule has 8 nitrogen and oxygen atoms in total. The normalized spacial score (nSPS) is 16.5. The molecule has 1 N–H and O–H groups in total. The summed E-state index contributed by atoms with van der Waals surface area (Å²) >= 11 is 6.83. The molecular formula is C29H40Br2N2O6. The van der Waals surface area contributed by atoms with E-state index in [0.29, 0.717) is 24.9 Å². The Labute approximate surface area is 248 Å². The van der Waals surface area contributed by atoms with Crippen LogP contribution in [0, 0.1) is 0 Å². The molecule has 2 heterocycles. The van der Waals surface area contributed by atoms with E-state index in [-0.39, 0.29) is 12.2 Å². The van der Waals surface area contributed by atoms with Crippen molar-refractivity contribution in [1.29, 1.82) is 0 Å². The maximum atomic E-state index is 12.1. The van der Waals surface area contributed by atoms with Crippen LogP contribution < -0.4 is 24.3 Å².